The molecule has 52 valence electrons. The van der Waals surface area contributed by atoms with Crippen LogP contribution in [0.1, 0.15) is 19.3 Å². The normalized spacial score (nSPS) is 15.1. The maximum absolute atomic E-state index is 1.64. The molecule has 2 nitrogen and oxygen atoms in total. The predicted molar refractivity (Wildman–Crippen MR) is 45.0 cm³/mol. The summed E-state index contributed by atoms with van der Waals surface area (Å²) in [7, 11) is 0. The summed E-state index contributed by atoms with van der Waals surface area (Å²) in [6, 6.07) is 0. The van der Waals surface area contributed by atoms with Gasteiger partial charge in [-0.25, -0.2) is 0 Å². The van der Waals surface area contributed by atoms with Gasteiger partial charge in [-0.15, -0.1) is 0 Å². The average Bonchev–Trinajstić information content (AvgIpc) is 1.72. The Bertz CT molecular complexity index is 30.4. The molecule has 0 bridgehead atoms. The van der Waals surface area contributed by atoms with Gasteiger partial charge in [0.25, 0.3) is 0 Å². The molecule has 1 heterocycles. The van der Waals surface area contributed by atoms with Gasteiger partial charge in [0.15, 0.2) is 0 Å². The number of hydrogen-bond donors (Lipinski definition) is 0. The summed E-state index contributed by atoms with van der Waals surface area (Å²) in [5.74, 6) is 0. The molecule has 1 fully saturated rings. The minimum absolute atomic E-state index is 0. The molecular formula is C5H16AlNaO2. The Morgan fingerprint density at radius 1 is 0.778 bits per heavy atom. The van der Waals surface area contributed by atoms with E-state index >= 15 is 0 Å². The molecule has 0 radical (unpaired) electrons. The van der Waals surface area contributed by atoms with E-state index in [0.717, 1.165) is 0 Å². The van der Waals surface area contributed by atoms with E-state index < -0.39 is 0 Å². The first kappa shape index (κ1) is 16.8. The number of hydrogen-bond acceptors (Lipinski definition) is 0. The Morgan fingerprint density at radius 3 is 1.33 bits per heavy atom. The monoisotopic (exact) mass is 158 g/mol. The van der Waals surface area contributed by atoms with E-state index in [4.69, 9.17) is 0 Å². The fraction of sp³-hybridized carbons (Fsp3) is 1.00. The SMILES string of the molecule is C1C[CH2][AlH][CH2]C1.O.O.[NaH]. The van der Waals surface area contributed by atoms with Crippen LogP contribution >= 0.6 is 0 Å². The van der Waals surface area contributed by atoms with Crippen molar-refractivity contribution in [1.82, 2.24) is 0 Å². The van der Waals surface area contributed by atoms with Crippen LogP contribution in [0.3, 0.4) is 0 Å². The van der Waals surface area contributed by atoms with Crippen molar-refractivity contribution in [2.24, 2.45) is 0 Å². The first-order chi connectivity index (χ1) is 3.00. The molecule has 0 spiro atoms. The molecule has 0 aliphatic carbocycles. The van der Waals surface area contributed by atoms with E-state index in [9.17, 15) is 0 Å². The molecule has 1 aliphatic heterocycles. The van der Waals surface area contributed by atoms with Gasteiger partial charge in [0.05, 0.1) is 0 Å². The molecule has 0 unspecified atom stereocenters. The van der Waals surface area contributed by atoms with Crippen LogP contribution in [0, 0.1) is 0 Å². The van der Waals surface area contributed by atoms with Crippen LogP contribution in [0.4, 0.5) is 0 Å². The Hall–Kier alpha value is 1.45. The molecule has 1 saturated heterocycles. The van der Waals surface area contributed by atoms with Crippen LogP contribution < -0.4 is 0 Å². The quantitative estimate of drug-likeness (QED) is 0.412. The van der Waals surface area contributed by atoms with Gasteiger partial charge in [0.2, 0.25) is 15.2 Å². The summed E-state index contributed by atoms with van der Waals surface area (Å²) in [5, 5.41) is 3.28. The van der Waals surface area contributed by atoms with Crippen molar-refractivity contribution >= 4 is 44.8 Å². The molecule has 4 heteroatoms. The Morgan fingerprint density at radius 2 is 1.22 bits per heavy atom. The minimum atomic E-state index is 0. The fourth-order valence-electron chi connectivity index (χ4n) is 1.06. The first-order valence-electron chi connectivity index (χ1n) is 3.00. The third-order valence-corrected chi connectivity index (χ3v) is 3.50. The molecule has 4 N–H and O–H groups in total. The van der Waals surface area contributed by atoms with Crippen molar-refractivity contribution in [3.63, 3.8) is 0 Å². The number of rotatable bonds is 0. The average molecular weight is 158 g/mol. The van der Waals surface area contributed by atoms with Gasteiger partial charge >= 0.3 is 29.6 Å². The molecule has 0 aromatic rings. The van der Waals surface area contributed by atoms with E-state index in [-0.39, 0.29) is 40.5 Å². The topological polar surface area (TPSA) is 63.0 Å². The fourth-order valence-corrected chi connectivity index (χ4v) is 2.83. The Balaban J connectivity index is -0.000000120. The molecule has 0 saturated carbocycles. The van der Waals surface area contributed by atoms with Crippen molar-refractivity contribution in [3.05, 3.63) is 0 Å². The summed E-state index contributed by atoms with van der Waals surface area (Å²) in [4.78, 5) is 0. The van der Waals surface area contributed by atoms with Gasteiger partial charge in [0, 0.05) is 0 Å². The van der Waals surface area contributed by atoms with Crippen molar-refractivity contribution in [3.8, 4) is 0 Å². The Labute approximate surface area is 85.0 Å². The molecule has 9 heavy (non-hydrogen) atoms. The second-order valence-corrected chi connectivity index (χ2v) is 4.24. The van der Waals surface area contributed by atoms with Crippen molar-refractivity contribution in [2.75, 3.05) is 0 Å². The second kappa shape index (κ2) is 12.2. The van der Waals surface area contributed by atoms with Crippen LogP contribution in [0.15, 0.2) is 0 Å². The zero-order chi connectivity index (χ0) is 4.24. The van der Waals surface area contributed by atoms with Crippen LogP contribution in [0.5, 0.6) is 0 Å². The van der Waals surface area contributed by atoms with E-state index in [1.165, 1.54) is 6.42 Å². The zero-order valence-corrected chi connectivity index (χ0v) is 6.66. The summed E-state index contributed by atoms with van der Waals surface area (Å²) in [6.07, 6.45) is 4.66. The van der Waals surface area contributed by atoms with E-state index in [1.54, 1.807) is 23.4 Å². The van der Waals surface area contributed by atoms with Crippen molar-refractivity contribution < 1.29 is 11.0 Å². The first-order valence-corrected chi connectivity index (χ1v) is 5.00. The maximum atomic E-state index is 1.64. The zero-order valence-electron chi connectivity index (χ0n) is 5.24. The van der Waals surface area contributed by atoms with E-state index in [1.807, 2.05) is 0 Å². The molecule has 1 aliphatic rings. The van der Waals surface area contributed by atoms with Gasteiger partial charge in [-0.1, -0.05) is 29.8 Å². The summed E-state index contributed by atoms with van der Waals surface area (Å²) in [5.41, 5.74) is 0. The van der Waals surface area contributed by atoms with Crippen LogP contribution in [-0.2, 0) is 0 Å². The third-order valence-electron chi connectivity index (χ3n) is 1.50. The van der Waals surface area contributed by atoms with Gasteiger partial charge in [-0.3, -0.25) is 0 Å². The Kier molecular flexibility index (Phi) is 22.7. The summed E-state index contributed by atoms with van der Waals surface area (Å²) in [6.45, 7) is 0. The molecule has 1 rings (SSSR count). The van der Waals surface area contributed by atoms with Gasteiger partial charge in [0.1, 0.15) is 0 Å². The standard InChI is InChI=1S/C5H10.Al.Na.2H2O.2H/c1-3-5-4-2;;;;;;/h1-5H2;;;2*1H2;;. The van der Waals surface area contributed by atoms with Crippen LogP contribution in [0.2, 0.25) is 10.6 Å². The van der Waals surface area contributed by atoms with E-state index in [0.29, 0.717) is 15.2 Å². The van der Waals surface area contributed by atoms with Crippen molar-refractivity contribution in [1.29, 1.82) is 0 Å². The molecule has 0 aromatic heterocycles. The van der Waals surface area contributed by atoms with Crippen molar-refractivity contribution in [2.45, 2.75) is 29.8 Å². The summed E-state index contributed by atoms with van der Waals surface area (Å²) < 4.78 is 0. The van der Waals surface area contributed by atoms with Gasteiger partial charge in [-0.2, -0.15) is 0 Å². The molecule has 0 amide bonds. The predicted octanol–water partition coefficient (Wildman–Crippen LogP) is -0.855. The van der Waals surface area contributed by atoms with Crippen LogP contribution in [-0.4, -0.2) is 55.7 Å². The molecule has 0 atom stereocenters. The third kappa shape index (κ3) is 9.45. The van der Waals surface area contributed by atoms with Gasteiger partial charge < -0.3 is 11.0 Å². The molecular weight excluding hydrogens is 142 g/mol. The van der Waals surface area contributed by atoms with Gasteiger partial charge in [-0.05, 0) is 0 Å². The van der Waals surface area contributed by atoms with E-state index in [2.05, 4.69) is 0 Å². The molecule has 0 aromatic carbocycles. The summed E-state index contributed by atoms with van der Waals surface area (Å²) >= 11 is 0.508. The second-order valence-electron chi connectivity index (χ2n) is 2.12. The van der Waals surface area contributed by atoms with Crippen LogP contribution in [0.25, 0.3) is 0 Å².